The first kappa shape index (κ1) is 12.0. The third-order valence-corrected chi connectivity index (χ3v) is 2.72. The van der Waals surface area contributed by atoms with Crippen LogP contribution in [0, 0.1) is 0 Å². The van der Waals surface area contributed by atoms with E-state index in [1.807, 2.05) is 30.3 Å². The third-order valence-electron chi connectivity index (χ3n) is 2.72. The molecular formula is C14H13NO3. The molecule has 2 aromatic rings. The van der Waals surface area contributed by atoms with Crippen molar-refractivity contribution in [3.63, 3.8) is 0 Å². The van der Waals surface area contributed by atoms with Gasteiger partial charge in [0.25, 0.3) is 0 Å². The molecule has 0 atom stereocenters. The molecule has 0 aliphatic rings. The molecule has 3 N–H and O–H groups in total. The highest BCUT2D eigenvalue weighted by Crippen LogP contribution is 2.37. The lowest BCUT2D eigenvalue weighted by atomic mass is 9.99. The number of nitrogens with two attached hydrogens (primary N) is 1. The zero-order valence-corrected chi connectivity index (χ0v) is 9.88. The van der Waals surface area contributed by atoms with Crippen molar-refractivity contribution in [1.29, 1.82) is 0 Å². The number of rotatable bonds is 3. The summed E-state index contributed by atoms with van der Waals surface area (Å²) in [6.07, 6.45) is 0. The Morgan fingerprint density at radius 1 is 1.17 bits per heavy atom. The van der Waals surface area contributed by atoms with Crippen molar-refractivity contribution in [1.82, 2.24) is 0 Å². The topological polar surface area (TPSA) is 72.5 Å². The van der Waals surface area contributed by atoms with Gasteiger partial charge in [0.2, 0.25) is 0 Å². The minimum Gasteiger partial charge on any atom is -0.496 e. The maximum Gasteiger partial charge on any atom is 0.337 e. The number of carbonyl (C=O) groups is 1. The zero-order valence-electron chi connectivity index (χ0n) is 9.88. The predicted octanol–water partition coefficient (Wildman–Crippen LogP) is 2.64. The summed E-state index contributed by atoms with van der Waals surface area (Å²) < 4.78 is 5.24. The van der Waals surface area contributed by atoms with Crippen LogP contribution in [-0.4, -0.2) is 18.2 Å². The van der Waals surface area contributed by atoms with Gasteiger partial charge in [0.15, 0.2) is 0 Å². The van der Waals surface area contributed by atoms with Gasteiger partial charge in [0, 0.05) is 5.56 Å². The summed E-state index contributed by atoms with van der Waals surface area (Å²) in [5.41, 5.74) is 7.66. The van der Waals surface area contributed by atoms with E-state index < -0.39 is 5.97 Å². The number of hydrogen-bond donors (Lipinski definition) is 2. The first-order valence-electron chi connectivity index (χ1n) is 5.40. The highest BCUT2D eigenvalue weighted by atomic mass is 16.5. The number of hydrogen-bond acceptors (Lipinski definition) is 3. The van der Waals surface area contributed by atoms with Crippen LogP contribution in [0.4, 0.5) is 5.69 Å². The molecule has 0 bridgehead atoms. The first-order chi connectivity index (χ1) is 8.65. The first-order valence-corrected chi connectivity index (χ1v) is 5.40. The van der Waals surface area contributed by atoms with Gasteiger partial charge in [-0.15, -0.1) is 0 Å². The van der Waals surface area contributed by atoms with E-state index in [-0.39, 0.29) is 11.3 Å². The van der Waals surface area contributed by atoms with Crippen molar-refractivity contribution < 1.29 is 14.6 Å². The van der Waals surface area contributed by atoms with Crippen LogP contribution in [-0.2, 0) is 0 Å². The van der Waals surface area contributed by atoms with E-state index >= 15 is 0 Å². The normalized spacial score (nSPS) is 10.1. The molecule has 4 heteroatoms. The summed E-state index contributed by atoms with van der Waals surface area (Å²) in [4.78, 5) is 11.1. The van der Waals surface area contributed by atoms with E-state index in [1.165, 1.54) is 13.2 Å². The lowest BCUT2D eigenvalue weighted by molar-refractivity contribution is 0.0698. The molecule has 18 heavy (non-hydrogen) atoms. The van der Waals surface area contributed by atoms with Crippen molar-refractivity contribution >= 4 is 11.7 Å². The molecular weight excluding hydrogens is 230 g/mol. The van der Waals surface area contributed by atoms with Crippen LogP contribution in [0.3, 0.4) is 0 Å². The highest BCUT2D eigenvalue weighted by molar-refractivity contribution is 5.99. The average molecular weight is 243 g/mol. The monoisotopic (exact) mass is 243 g/mol. The smallest absolute Gasteiger partial charge is 0.337 e. The molecule has 0 fully saturated rings. The van der Waals surface area contributed by atoms with Gasteiger partial charge in [-0.3, -0.25) is 0 Å². The fraction of sp³-hybridized carbons (Fsp3) is 0.0714. The highest BCUT2D eigenvalue weighted by Gasteiger charge is 2.16. The Kier molecular flexibility index (Phi) is 3.19. The van der Waals surface area contributed by atoms with Crippen molar-refractivity contribution in [2.45, 2.75) is 0 Å². The Morgan fingerprint density at radius 3 is 2.39 bits per heavy atom. The molecule has 2 rings (SSSR count). The van der Waals surface area contributed by atoms with E-state index in [2.05, 4.69) is 0 Å². The molecule has 0 spiro atoms. The summed E-state index contributed by atoms with van der Waals surface area (Å²) in [5, 5.41) is 9.08. The van der Waals surface area contributed by atoms with E-state index in [0.29, 0.717) is 11.3 Å². The summed E-state index contributed by atoms with van der Waals surface area (Å²) in [6, 6.07) is 12.4. The summed E-state index contributed by atoms with van der Waals surface area (Å²) in [7, 11) is 1.53. The number of anilines is 1. The van der Waals surface area contributed by atoms with Gasteiger partial charge in [0.05, 0.1) is 18.4 Å². The molecule has 0 saturated carbocycles. The van der Waals surface area contributed by atoms with Gasteiger partial charge in [-0.25, -0.2) is 4.79 Å². The number of nitrogen functional groups attached to an aromatic ring is 1. The minimum absolute atomic E-state index is 0.0784. The van der Waals surface area contributed by atoms with Crippen LogP contribution in [0.1, 0.15) is 10.4 Å². The molecule has 0 aliphatic heterocycles. The lowest BCUT2D eigenvalue weighted by Crippen LogP contribution is -2.05. The van der Waals surface area contributed by atoms with Gasteiger partial charge in [-0.2, -0.15) is 0 Å². The molecule has 2 aromatic carbocycles. The number of methoxy groups -OCH3 is 1. The van der Waals surface area contributed by atoms with E-state index in [0.717, 1.165) is 5.56 Å². The molecule has 0 amide bonds. The number of carboxylic acids is 1. The van der Waals surface area contributed by atoms with Crippen LogP contribution in [0.25, 0.3) is 11.1 Å². The minimum atomic E-state index is -1.05. The quantitative estimate of drug-likeness (QED) is 0.813. The third kappa shape index (κ3) is 2.00. The van der Waals surface area contributed by atoms with Crippen LogP contribution < -0.4 is 10.5 Å². The Balaban J connectivity index is 2.71. The molecule has 4 nitrogen and oxygen atoms in total. The number of aromatic carboxylic acids is 1. The number of benzene rings is 2. The SMILES string of the molecule is COc1ccc(C(=O)O)c(N)c1-c1ccccc1. The Morgan fingerprint density at radius 2 is 1.83 bits per heavy atom. The number of carboxylic acid groups (broad SMARTS) is 1. The van der Waals surface area contributed by atoms with Crippen LogP contribution in [0.15, 0.2) is 42.5 Å². The van der Waals surface area contributed by atoms with Gasteiger partial charge in [-0.05, 0) is 17.7 Å². The average Bonchev–Trinajstić information content (AvgIpc) is 2.38. The summed E-state index contributed by atoms with van der Waals surface area (Å²) in [6.45, 7) is 0. The van der Waals surface area contributed by atoms with Crippen LogP contribution >= 0.6 is 0 Å². The Bertz CT molecular complexity index is 579. The standard InChI is InChI=1S/C14H13NO3/c1-18-11-8-7-10(14(16)17)13(15)12(11)9-5-3-2-4-6-9/h2-8H,15H2,1H3,(H,16,17). The Labute approximate surface area is 105 Å². The van der Waals surface area contributed by atoms with Gasteiger partial charge >= 0.3 is 5.97 Å². The maximum atomic E-state index is 11.1. The van der Waals surface area contributed by atoms with E-state index in [9.17, 15) is 4.79 Å². The van der Waals surface area contributed by atoms with E-state index in [1.54, 1.807) is 6.07 Å². The van der Waals surface area contributed by atoms with Gasteiger partial charge in [-0.1, -0.05) is 30.3 Å². The summed E-state index contributed by atoms with van der Waals surface area (Å²) >= 11 is 0. The van der Waals surface area contributed by atoms with Crippen molar-refractivity contribution in [2.75, 3.05) is 12.8 Å². The van der Waals surface area contributed by atoms with Crippen molar-refractivity contribution in [3.05, 3.63) is 48.0 Å². The molecule has 92 valence electrons. The molecule has 0 aromatic heterocycles. The second-order valence-corrected chi connectivity index (χ2v) is 3.78. The zero-order chi connectivity index (χ0) is 13.1. The summed E-state index contributed by atoms with van der Waals surface area (Å²) in [5.74, 6) is -0.490. The Hall–Kier alpha value is -2.49. The number of ether oxygens (including phenoxy) is 1. The second-order valence-electron chi connectivity index (χ2n) is 3.78. The van der Waals surface area contributed by atoms with Gasteiger partial charge in [0.1, 0.15) is 5.75 Å². The fourth-order valence-corrected chi connectivity index (χ4v) is 1.86. The predicted molar refractivity (Wildman–Crippen MR) is 69.8 cm³/mol. The van der Waals surface area contributed by atoms with Crippen LogP contribution in [0.2, 0.25) is 0 Å². The fourth-order valence-electron chi connectivity index (χ4n) is 1.86. The van der Waals surface area contributed by atoms with E-state index in [4.69, 9.17) is 15.6 Å². The molecule has 0 heterocycles. The molecule has 0 aliphatic carbocycles. The van der Waals surface area contributed by atoms with Crippen LogP contribution in [0.5, 0.6) is 5.75 Å². The largest absolute Gasteiger partial charge is 0.496 e. The van der Waals surface area contributed by atoms with Crippen molar-refractivity contribution in [2.24, 2.45) is 0 Å². The van der Waals surface area contributed by atoms with Gasteiger partial charge < -0.3 is 15.6 Å². The maximum absolute atomic E-state index is 11.1. The molecule has 0 unspecified atom stereocenters. The second kappa shape index (κ2) is 4.79. The molecule has 0 saturated heterocycles. The lowest BCUT2D eigenvalue weighted by Gasteiger charge is -2.13. The van der Waals surface area contributed by atoms with Crippen molar-refractivity contribution in [3.8, 4) is 16.9 Å². The molecule has 0 radical (unpaired) electrons.